The fourth-order valence-electron chi connectivity index (χ4n) is 3.04. The van der Waals surface area contributed by atoms with E-state index in [9.17, 15) is 4.79 Å². The quantitative estimate of drug-likeness (QED) is 0.647. The molecule has 1 aromatic carbocycles. The Balaban J connectivity index is 1.65. The number of carbonyl (C=O) groups is 1. The van der Waals surface area contributed by atoms with Crippen molar-refractivity contribution >= 4 is 33.1 Å². The topological polar surface area (TPSA) is 69.9 Å². The van der Waals surface area contributed by atoms with Crippen LogP contribution in [0.2, 0.25) is 0 Å². The first-order chi connectivity index (χ1) is 11.6. The first kappa shape index (κ1) is 15.3. The number of hydrogen-bond acceptors (Lipinski definition) is 5. The number of nitrogens with zero attached hydrogens (tertiary/aromatic N) is 4. The number of benzene rings is 1. The van der Waals surface area contributed by atoms with Gasteiger partial charge in [0.15, 0.2) is 0 Å². The third-order valence-electron chi connectivity index (χ3n) is 4.56. The molecule has 0 bridgehead atoms. The lowest BCUT2D eigenvalue weighted by atomic mass is 9.64. The van der Waals surface area contributed by atoms with Gasteiger partial charge in [-0.05, 0) is 59.1 Å². The van der Waals surface area contributed by atoms with Crippen LogP contribution < -0.4 is 4.84 Å². The van der Waals surface area contributed by atoms with Gasteiger partial charge < -0.3 is 4.84 Å². The van der Waals surface area contributed by atoms with Crippen molar-refractivity contribution in [2.24, 2.45) is 0 Å². The second-order valence-corrected chi connectivity index (χ2v) is 7.05. The molecule has 1 saturated carbocycles. The molecule has 0 unspecified atom stereocenters. The van der Waals surface area contributed by atoms with Crippen LogP contribution in [0.15, 0.2) is 41.0 Å². The zero-order valence-corrected chi connectivity index (χ0v) is 14.7. The molecule has 2 heterocycles. The van der Waals surface area contributed by atoms with E-state index in [2.05, 4.69) is 31.2 Å². The van der Waals surface area contributed by atoms with Crippen LogP contribution in [0, 0.1) is 6.92 Å². The van der Waals surface area contributed by atoms with E-state index in [0.29, 0.717) is 11.2 Å². The molecule has 122 valence electrons. The van der Waals surface area contributed by atoms with Gasteiger partial charge in [0.2, 0.25) is 5.65 Å². The molecule has 0 N–H and O–H groups in total. The van der Waals surface area contributed by atoms with Crippen molar-refractivity contribution in [1.29, 1.82) is 0 Å². The van der Waals surface area contributed by atoms with Gasteiger partial charge in [-0.3, -0.25) is 0 Å². The molecule has 1 fully saturated rings. The normalized spacial score (nSPS) is 15.9. The van der Waals surface area contributed by atoms with E-state index in [0.717, 1.165) is 39.7 Å². The van der Waals surface area contributed by atoms with Gasteiger partial charge in [0.05, 0.1) is 5.41 Å². The predicted molar refractivity (Wildman–Crippen MR) is 91.3 cm³/mol. The van der Waals surface area contributed by atoms with Crippen LogP contribution in [-0.4, -0.2) is 26.1 Å². The highest BCUT2D eigenvalue weighted by molar-refractivity contribution is 9.10. The van der Waals surface area contributed by atoms with Gasteiger partial charge in [-0.15, -0.1) is 5.10 Å². The smallest absolute Gasteiger partial charge is 0.315 e. The van der Waals surface area contributed by atoms with Crippen LogP contribution in [0.3, 0.4) is 0 Å². The summed E-state index contributed by atoms with van der Waals surface area (Å²) in [5.41, 5.74) is 2.39. The number of halogens is 1. The highest BCUT2D eigenvalue weighted by Gasteiger charge is 2.48. The van der Waals surface area contributed by atoms with Crippen molar-refractivity contribution in [1.82, 2.24) is 20.1 Å². The molecule has 3 aromatic rings. The molecule has 2 aromatic heterocycles. The standard InChI is InChI=1S/C17H15BrN4O2/c1-11-9-14-15(19-10-11)22(21-20-14)24-16(23)17(7-2-8-17)12-3-5-13(18)6-4-12/h3-6,9-10H,2,7-8H2,1H3. The van der Waals surface area contributed by atoms with E-state index >= 15 is 0 Å². The Bertz CT molecular complexity index is 916. The zero-order chi connectivity index (χ0) is 16.7. The molecule has 1 aliphatic rings. The van der Waals surface area contributed by atoms with Crippen LogP contribution in [0.25, 0.3) is 11.2 Å². The molecule has 4 rings (SSSR count). The second-order valence-electron chi connectivity index (χ2n) is 6.14. The van der Waals surface area contributed by atoms with Gasteiger partial charge in [0.1, 0.15) is 5.52 Å². The summed E-state index contributed by atoms with van der Waals surface area (Å²) < 4.78 is 0.982. The average Bonchev–Trinajstić information content (AvgIpc) is 2.90. The summed E-state index contributed by atoms with van der Waals surface area (Å²) in [7, 11) is 0. The molecule has 7 heteroatoms. The van der Waals surface area contributed by atoms with E-state index in [1.54, 1.807) is 6.20 Å². The number of fused-ring (bicyclic) bond motifs is 1. The van der Waals surface area contributed by atoms with Crippen molar-refractivity contribution in [3.63, 3.8) is 0 Å². The first-order valence-corrected chi connectivity index (χ1v) is 8.55. The summed E-state index contributed by atoms with van der Waals surface area (Å²) in [4.78, 5) is 23.8. The molecular formula is C17H15BrN4O2. The third kappa shape index (κ3) is 2.39. The molecule has 0 atom stereocenters. The Hall–Kier alpha value is -2.28. The molecular weight excluding hydrogens is 372 g/mol. The molecule has 0 radical (unpaired) electrons. The summed E-state index contributed by atoms with van der Waals surface area (Å²) in [5, 5.41) is 7.92. The zero-order valence-electron chi connectivity index (χ0n) is 13.1. The molecule has 0 aliphatic heterocycles. The maximum atomic E-state index is 12.9. The predicted octanol–water partition coefficient (Wildman–Crippen LogP) is 2.97. The first-order valence-electron chi connectivity index (χ1n) is 7.75. The van der Waals surface area contributed by atoms with Gasteiger partial charge in [-0.1, -0.05) is 34.5 Å². The lowest BCUT2D eigenvalue weighted by Gasteiger charge is -2.39. The largest absolute Gasteiger partial charge is 0.345 e. The minimum absolute atomic E-state index is 0.315. The van der Waals surface area contributed by atoms with Crippen molar-refractivity contribution < 1.29 is 9.63 Å². The lowest BCUT2D eigenvalue weighted by Crippen LogP contribution is -2.47. The minimum atomic E-state index is -0.607. The number of hydrogen-bond donors (Lipinski definition) is 0. The maximum absolute atomic E-state index is 12.9. The number of aromatic nitrogens is 4. The molecule has 6 nitrogen and oxygen atoms in total. The maximum Gasteiger partial charge on any atom is 0.345 e. The monoisotopic (exact) mass is 386 g/mol. The molecule has 0 amide bonds. The second kappa shape index (κ2) is 5.66. The van der Waals surface area contributed by atoms with E-state index in [4.69, 9.17) is 4.84 Å². The number of rotatable bonds is 3. The Kier molecular flexibility index (Phi) is 3.60. The van der Waals surface area contributed by atoms with E-state index < -0.39 is 5.41 Å². The Morgan fingerprint density at radius 2 is 2.04 bits per heavy atom. The summed E-state index contributed by atoms with van der Waals surface area (Å²) in [6.07, 6.45) is 4.24. The van der Waals surface area contributed by atoms with Gasteiger partial charge in [-0.25, -0.2) is 9.78 Å². The van der Waals surface area contributed by atoms with Gasteiger partial charge in [0, 0.05) is 10.7 Å². The lowest BCUT2D eigenvalue weighted by molar-refractivity contribution is -0.156. The fourth-order valence-corrected chi connectivity index (χ4v) is 3.30. The highest BCUT2D eigenvalue weighted by atomic mass is 79.9. The Labute approximate surface area is 146 Å². The highest BCUT2D eigenvalue weighted by Crippen LogP contribution is 2.44. The van der Waals surface area contributed by atoms with E-state index in [1.807, 2.05) is 37.3 Å². The molecule has 24 heavy (non-hydrogen) atoms. The van der Waals surface area contributed by atoms with Crippen molar-refractivity contribution in [2.45, 2.75) is 31.6 Å². The van der Waals surface area contributed by atoms with Crippen LogP contribution in [-0.2, 0) is 10.2 Å². The minimum Gasteiger partial charge on any atom is -0.315 e. The van der Waals surface area contributed by atoms with Crippen molar-refractivity contribution in [3.05, 3.63) is 52.1 Å². The van der Waals surface area contributed by atoms with E-state index in [-0.39, 0.29) is 5.97 Å². The fraction of sp³-hybridized carbons (Fsp3) is 0.294. The van der Waals surface area contributed by atoms with Crippen molar-refractivity contribution in [3.8, 4) is 0 Å². The van der Waals surface area contributed by atoms with Crippen molar-refractivity contribution in [2.75, 3.05) is 0 Å². The average molecular weight is 387 g/mol. The molecule has 0 spiro atoms. The summed E-state index contributed by atoms with van der Waals surface area (Å²) in [5.74, 6) is -0.315. The summed E-state index contributed by atoms with van der Waals surface area (Å²) in [6, 6.07) is 9.67. The van der Waals surface area contributed by atoms with Crippen LogP contribution in [0.5, 0.6) is 0 Å². The van der Waals surface area contributed by atoms with E-state index in [1.165, 1.54) is 0 Å². The van der Waals surface area contributed by atoms with Gasteiger partial charge in [0.25, 0.3) is 0 Å². The SMILES string of the molecule is Cc1cnc2c(c1)nnn2OC(=O)C1(c2ccc(Br)cc2)CCC1. The van der Waals surface area contributed by atoms with Crippen LogP contribution in [0.4, 0.5) is 0 Å². The number of carbonyl (C=O) groups excluding carboxylic acids is 1. The Morgan fingerprint density at radius 3 is 2.71 bits per heavy atom. The van der Waals surface area contributed by atoms with Gasteiger partial charge in [-0.2, -0.15) is 0 Å². The van der Waals surface area contributed by atoms with Crippen LogP contribution >= 0.6 is 15.9 Å². The number of pyridine rings is 1. The summed E-state index contributed by atoms with van der Waals surface area (Å²) in [6.45, 7) is 1.92. The Morgan fingerprint density at radius 1 is 1.29 bits per heavy atom. The summed E-state index contributed by atoms with van der Waals surface area (Å²) >= 11 is 3.42. The molecule has 1 aliphatic carbocycles. The van der Waals surface area contributed by atoms with Gasteiger partial charge >= 0.3 is 5.97 Å². The number of aryl methyl sites for hydroxylation is 1. The van der Waals surface area contributed by atoms with Crippen LogP contribution in [0.1, 0.15) is 30.4 Å². The molecule has 0 saturated heterocycles. The third-order valence-corrected chi connectivity index (χ3v) is 5.09.